The Kier molecular flexibility index (Phi) is 10.5. The van der Waals surface area contributed by atoms with Gasteiger partial charge in [-0.05, 0) is 37.6 Å². The van der Waals surface area contributed by atoms with Crippen molar-refractivity contribution in [2.75, 3.05) is 32.9 Å². The molecule has 2 aromatic rings. The molecule has 0 fully saturated rings. The minimum absolute atomic E-state index is 0.0293. The number of hydrogen-bond donors (Lipinski definition) is 2. The molecule has 0 aliphatic carbocycles. The molecule has 12 heteroatoms. The minimum Gasteiger partial charge on any atom is -0.493 e. The number of sulfonamides is 1. The maximum absolute atomic E-state index is 12.9. The zero-order valence-corrected chi connectivity index (χ0v) is 21.0. The van der Waals surface area contributed by atoms with Gasteiger partial charge in [-0.25, -0.2) is 8.42 Å². The molecule has 0 aliphatic rings. The van der Waals surface area contributed by atoms with Gasteiger partial charge in [0.1, 0.15) is 11.6 Å². The molecular formula is C23H31N5O6S. The van der Waals surface area contributed by atoms with E-state index >= 15 is 0 Å². The highest BCUT2D eigenvalue weighted by Crippen LogP contribution is 2.27. The number of aromatic nitrogens is 1. The number of benzene rings is 1. The zero-order valence-electron chi connectivity index (χ0n) is 20.1. The topological polar surface area (TPSA) is 158 Å². The summed E-state index contributed by atoms with van der Waals surface area (Å²) in [6, 6.07) is 7.68. The fourth-order valence-corrected chi connectivity index (χ4v) is 4.80. The number of aliphatic hydroxyl groups excluding tert-OH is 1. The van der Waals surface area contributed by atoms with Crippen LogP contribution in [0.2, 0.25) is 0 Å². The molecule has 11 nitrogen and oxygen atoms in total. The van der Waals surface area contributed by atoms with Gasteiger partial charge in [0, 0.05) is 18.7 Å². The number of nitriles is 1. The van der Waals surface area contributed by atoms with Crippen LogP contribution in [-0.2, 0) is 21.3 Å². The predicted molar refractivity (Wildman–Crippen MR) is 130 cm³/mol. The second-order valence-electron chi connectivity index (χ2n) is 7.62. The number of nitrogens with zero attached hydrogens (tertiary/aromatic N) is 5. The van der Waals surface area contributed by atoms with E-state index in [0.29, 0.717) is 18.8 Å². The van der Waals surface area contributed by atoms with Crippen LogP contribution in [0, 0.1) is 18.3 Å². The number of rotatable bonds is 13. The summed E-state index contributed by atoms with van der Waals surface area (Å²) in [5, 5.41) is 36.6. The van der Waals surface area contributed by atoms with Gasteiger partial charge in [-0.2, -0.15) is 14.7 Å². The van der Waals surface area contributed by atoms with Crippen molar-refractivity contribution in [3.63, 3.8) is 0 Å². The molecule has 0 radical (unpaired) electrons. The summed E-state index contributed by atoms with van der Waals surface area (Å²) in [6.45, 7) is 5.92. The normalized spacial score (nSPS) is 11.9. The van der Waals surface area contributed by atoms with E-state index in [-0.39, 0.29) is 48.1 Å². The molecule has 0 bridgehead atoms. The quantitative estimate of drug-likeness (QED) is 0.313. The van der Waals surface area contributed by atoms with Gasteiger partial charge in [0.2, 0.25) is 15.9 Å². The van der Waals surface area contributed by atoms with Gasteiger partial charge >= 0.3 is 0 Å². The molecule has 0 spiro atoms. The summed E-state index contributed by atoms with van der Waals surface area (Å²) >= 11 is 0. The van der Waals surface area contributed by atoms with Crippen molar-refractivity contribution in [2.24, 2.45) is 10.2 Å². The summed E-state index contributed by atoms with van der Waals surface area (Å²) in [5.74, 6) is -0.500. The van der Waals surface area contributed by atoms with Gasteiger partial charge in [-0.1, -0.05) is 20.3 Å². The summed E-state index contributed by atoms with van der Waals surface area (Å²) < 4.78 is 33.3. The number of pyridine rings is 1. The van der Waals surface area contributed by atoms with Crippen molar-refractivity contribution in [1.82, 2.24) is 8.87 Å². The summed E-state index contributed by atoms with van der Waals surface area (Å²) in [6.07, 6.45) is 1.65. The Morgan fingerprint density at radius 3 is 2.43 bits per heavy atom. The zero-order chi connectivity index (χ0) is 26.0. The Morgan fingerprint density at radius 2 is 1.86 bits per heavy atom. The van der Waals surface area contributed by atoms with Crippen LogP contribution in [-0.4, -0.2) is 60.4 Å². The second kappa shape index (κ2) is 13.1. The van der Waals surface area contributed by atoms with Crippen molar-refractivity contribution in [1.29, 1.82) is 5.26 Å². The number of aromatic hydroxyl groups is 1. The smallest absolute Gasteiger partial charge is 0.281 e. The van der Waals surface area contributed by atoms with E-state index in [9.17, 15) is 23.6 Å². The van der Waals surface area contributed by atoms with Crippen molar-refractivity contribution in [3.05, 3.63) is 45.7 Å². The Balaban J connectivity index is 2.35. The average molecular weight is 506 g/mol. The summed E-state index contributed by atoms with van der Waals surface area (Å²) in [4.78, 5) is 13.0. The SMILES string of the molecule is CCCCN(CC)S(=O)(=O)c1ccc(N=Nc2c(C)c(C#N)c(O)n(CCOCCO)c2=O)cc1. The van der Waals surface area contributed by atoms with Crippen LogP contribution in [0.25, 0.3) is 0 Å². The largest absolute Gasteiger partial charge is 0.493 e. The van der Waals surface area contributed by atoms with Gasteiger partial charge in [0.25, 0.3) is 5.56 Å². The maximum atomic E-state index is 12.9. The lowest BCUT2D eigenvalue weighted by atomic mass is 10.1. The van der Waals surface area contributed by atoms with Gasteiger partial charge in [-0.3, -0.25) is 9.36 Å². The van der Waals surface area contributed by atoms with E-state index < -0.39 is 21.5 Å². The van der Waals surface area contributed by atoms with Gasteiger partial charge in [0.05, 0.1) is 36.9 Å². The van der Waals surface area contributed by atoms with E-state index in [2.05, 4.69) is 10.2 Å². The maximum Gasteiger partial charge on any atom is 0.281 e. The first-order chi connectivity index (χ1) is 16.7. The highest BCUT2D eigenvalue weighted by Gasteiger charge is 2.22. The molecule has 1 aromatic heterocycles. The Morgan fingerprint density at radius 1 is 1.17 bits per heavy atom. The van der Waals surface area contributed by atoms with Crippen LogP contribution in [0.4, 0.5) is 11.4 Å². The van der Waals surface area contributed by atoms with Crippen LogP contribution in [0.5, 0.6) is 5.88 Å². The highest BCUT2D eigenvalue weighted by molar-refractivity contribution is 7.89. The third kappa shape index (κ3) is 6.73. The lowest BCUT2D eigenvalue weighted by Gasteiger charge is -2.20. The molecule has 0 amide bonds. The molecule has 190 valence electrons. The summed E-state index contributed by atoms with van der Waals surface area (Å²) in [7, 11) is -3.64. The van der Waals surface area contributed by atoms with E-state index in [4.69, 9.17) is 9.84 Å². The Labute approximate surface area is 205 Å². The minimum atomic E-state index is -3.64. The third-order valence-electron chi connectivity index (χ3n) is 5.32. The molecule has 0 atom stereocenters. The van der Waals surface area contributed by atoms with E-state index in [1.54, 1.807) is 6.92 Å². The van der Waals surface area contributed by atoms with Gasteiger partial charge < -0.3 is 14.9 Å². The fraction of sp³-hybridized carbons (Fsp3) is 0.478. The first-order valence-electron chi connectivity index (χ1n) is 11.3. The Bertz CT molecular complexity index is 1230. The monoisotopic (exact) mass is 505 g/mol. The third-order valence-corrected chi connectivity index (χ3v) is 7.31. The molecule has 35 heavy (non-hydrogen) atoms. The average Bonchev–Trinajstić information content (AvgIpc) is 2.84. The summed E-state index contributed by atoms with van der Waals surface area (Å²) in [5.41, 5.74) is -0.434. The molecule has 0 saturated heterocycles. The van der Waals surface area contributed by atoms with Crippen molar-refractivity contribution < 1.29 is 23.4 Å². The van der Waals surface area contributed by atoms with E-state index in [1.807, 2.05) is 13.0 Å². The molecule has 2 N–H and O–H groups in total. The number of ether oxygens (including phenoxy) is 1. The van der Waals surface area contributed by atoms with Crippen molar-refractivity contribution in [2.45, 2.75) is 45.1 Å². The molecule has 0 unspecified atom stereocenters. The van der Waals surface area contributed by atoms with Gasteiger partial charge in [0.15, 0.2) is 5.69 Å². The number of aliphatic hydroxyl groups is 1. The molecule has 1 heterocycles. The number of azo groups is 1. The number of hydrogen-bond acceptors (Lipinski definition) is 9. The van der Waals surface area contributed by atoms with E-state index in [1.165, 1.54) is 35.5 Å². The van der Waals surface area contributed by atoms with Crippen molar-refractivity contribution >= 4 is 21.4 Å². The van der Waals surface area contributed by atoms with Crippen LogP contribution in [0.1, 0.15) is 37.8 Å². The fourth-order valence-electron chi connectivity index (χ4n) is 3.31. The lowest BCUT2D eigenvalue weighted by Crippen LogP contribution is -2.31. The van der Waals surface area contributed by atoms with E-state index in [0.717, 1.165) is 17.4 Å². The first kappa shape index (κ1) is 28.1. The predicted octanol–water partition coefficient (Wildman–Crippen LogP) is 2.97. The van der Waals surface area contributed by atoms with Crippen LogP contribution >= 0.6 is 0 Å². The van der Waals surface area contributed by atoms with Crippen LogP contribution < -0.4 is 5.56 Å². The molecule has 2 rings (SSSR count). The van der Waals surface area contributed by atoms with Crippen molar-refractivity contribution in [3.8, 4) is 11.9 Å². The molecule has 0 saturated carbocycles. The Hall–Kier alpha value is -3.11. The molecule has 1 aromatic carbocycles. The number of unbranched alkanes of at least 4 members (excludes halogenated alkanes) is 1. The van der Waals surface area contributed by atoms with Crippen LogP contribution in [0.15, 0.2) is 44.2 Å². The standard InChI is InChI=1S/C23H31N5O6S/c1-4-6-11-27(5-2)35(32,33)19-9-7-18(8-10-19)25-26-21-17(3)20(16-24)22(30)28(23(21)31)12-14-34-15-13-29/h7-10,29-30H,4-6,11-15H2,1-3H3. The highest BCUT2D eigenvalue weighted by atomic mass is 32.2. The molecular weight excluding hydrogens is 474 g/mol. The first-order valence-corrected chi connectivity index (χ1v) is 12.7. The van der Waals surface area contributed by atoms with Crippen LogP contribution in [0.3, 0.4) is 0 Å². The second-order valence-corrected chi connectivity index (χ2v) is 9.56. The van der Waals surface area contributed by atoms with Gasteiger partial charge in [-0.15, -0.1) is 5.11 Å². The molecule has 0 aliphatic heterocycles. The lowest BCUT2D eigenvalue weighted by molar-refractivity contribution is 0.0854.